The van der Waals surface area contributed by atoms with Gasteiger partial charge in [0.05, 0.1) is 28.5 Å². The highest BCUT2D eigenvalue weighted by Gasteiger charge is 2.17. The summed E-state index contributed by atoms with van der Waals surface area (Å²) in [5, 5.41) is 20.1. The zero-order valence-electron chi connectivity index (χ0n) is 23.8. The van der Waals surface area contributed by atoms with Gasteiger partial charge in [0, 0.05) is 27.3 Å². The first kappa shape index (κ1) is 27.8. The van der Waals surface area contributed by atoms with Gasteiger partial charge < -0.3 is 20.5 Å². The normalized spacial score (nSPS) is 12.7. The Morgan fingerprint density at radius 2 is 1.54 bits per heavy atom. The number of aliphatic hydroxyl groups excluding tert-OH is 1. The Balaban J connectivity index is 2.31. The van der Waals surface area contributed by atoms with Crippen LogP contribution in [0.15, 0.2) is 24.3 Å². The van der Waals surface area contributed by atoms with Gasteiger partial charge in [-0.15, -0.1) is 0 Å². The van der Waals surface area contributed by atoms with Crippen LogP contribution < -0.4 is 15.8 Å². The number of aromatic amines is 2. The van der Waals surface area contributed by atoms with Crippen LogP contribution in [0.4, 0.5) is 0 Å². The Bertz CT molecular complexity index is 1840. The minimum Gasteiger partial charge on any atom is -0.515 e. The number of aromatic nitrogens is 3. The van der Waals surface area contributed by atoms with E-state index in [1.165, 1.54) is 16.7 Å². The zero-order chi connectivity index (χ0) is 28.4. The molecule has 0 unspecified atom stereocenters. The molecular weight excluding hydrogens is 484 g/mol. The number of rotatable bonds is 5. The van der Waals surface area contributed by atoms with Crippen LogP contribution in [-0.4, -0.2) is 26.3 Å². The van der Waals surface area contributed by atoms with Gasteiger partial charge in [0.15, 0.2) is 6.29 Å². The smallest absolute Gasteiger partial charge is 0.150 e. The number of nitrogens with zero attached hydrogens (tertiary/aromatic N) is 1. The Morgan fingerprint density at radius 3 is 2.18 bits per heavy atom. The summed E-state index contributed by atoms with van der Waals surface area (Å²) in [5.41, 5.74) is 11.6. The summed E-state index contributed by atoms with van der Waals surface area (Å²) in [6, 6.07) is 7.70. The van der Waals surface area contributed by atoms with Crippen LogP contribution in [0.25, 0.3) is 46.1 Å². The molecule has 0 amide bonds. The van der Waals surface area contributed by atoms with Crippen molar-refractivity contribution in [1.82, 2.24) is 15.0 Å². The summed E-state index contributed by atoms with van der Waals surface area (Å²) in [6.45, 7) is 16.4. The van der Waals surface area contributed by atoms with Gasteiger partial charge in [-0.2, -0.15) is 0 Å². The Labute approximate surface area is 229 Å². The van der Waals surface area contributed by atoms with Crippen LogP contribution in [0, 0.1) is 26.2 Å². The largest absolute Gasteiger partial charge is 0.515 e. The molecule has 0 saturated carbocycles. The Morgan fingerprint density at radius 1 is 0.872 bits per heavy atom. The number of aldehydes is 1. The molecule has 0 radical (unpaired) electrons. The fourth-order valence-electron chi connectivity index (χ4n) is 5.38. The lowest BCUT2D eigenvalue weighted by atomic mass is 10.0. The number of H-pyrrole nitrogens is 2. The van der Waals surface area contributed by atoms with Crippen LogP contribution >= 0.6 is 0 Å². The topological polar surface area (TPSA) is 106 Å². The van der Waals surface area contributed by atoms with E-state index in [2.05, 4.69) is 56.4 Å². The highest BCUT2D eigenvalue weighted by Crippen LogP contribution is 2.33. The first-order valence-electron chi connectivity index (χ1n) is 13.6. The maximum atomic E-state index is 12.2. The molecule has 4 heterocycles. The number of fused-ring (bicyclic) bond motifs is 6. The van der Waals surface area contributed by atoms with Crippen LogP contribution in [0.5, 0.6) is 0 Å². The minimum atomic E-state index is 0.156. The van der Waals surface area contributed by atoms with Crippen LogP contribution in [-0.2, 0) is 6.42 Å². The maximum Gasteiger partial charge on any atom is 0.150 e. The third-order valence-corrected chi connectivity index (χ3v) is 7.78. The van der Waals surface area contributed by atoms with Gasteiger partial charge in [-0.05, 0) is 103 Å². The molecular formula is C33H38N4O2. The van der Waals surface area contributed by atoms with E-state index in [1.807, 2.05) is 13.0 Å². The first-order chi connectivity index (χ1) is 18.6. The average Bonchev–Trinajstić information content (AvgIpc) is 3.46. The number of aryl methyl sites for hydroxylation is 3. The monoisotopic (exact) mass is 522 g/mol. The van der Waals surface area contributed by atoms with Gasteiger partial charge in [-0.1, -0.05) is 33.3 Å². The number of hydrogen-bond acceptors (Lipinski definition) is 4. The second-order valence-corrected chi connectivity index (χ2v) is 10.3. The van der Waals surface area contributed by atoms with Crippen LogP contribution in [0.3, 0.4) is 0 Å². The molecule has 1 aliphatic rings. The molecule has 0 aromatic carbocycles. The molecule has 0 saturated heterocycles. The molecule has 4 N–H and O–H groups in total. The molecule has 202 valence electrons. The molecule has 6 bridgehead atoms. The number of allylic oxidation sites excluding steroid dienone is 2. The number of nitrogens with one attached hydrogen (secondary N) is 3. The van der Waals surface area contributed by atoms with Crippen molar-refractivity contribution in [3.63, 3.8) is 0 Å². The molecule has 3 aromatic rings. The maximum absolute atomic E-state index is 12.2. The predicted octanol–water partition coefficient (Wildman–Crippen LogP) is 6.21. The van der Waals surface area contributed by atoms with Crippen molar-refractivity contribution in [3.05, 3.63) is 79.3 Å². The van der Waals surface area contributed by atoms with Crippen molar-refractivity contribution in [2.75, 3.05) is 0 Å². The molecule has 0 fully saturated rings. The summed E-state index contributed by atoms with van der Waals surface area (Å²) in [7, 11) is 0. The highest BCUT2D eigenvalue weighted by molar-refractivity contribution is 5.92. The van der Waals surface area contributed by atoms with Gasteiger partial charge in [0.25, 0.3) is 0 Å². The molecule has 0 spiro atoms. The fraction of sp³-hybridized carbons (Fsp3) is 0.303. The number of hydrogen-bond donors (Lipinski definition) is 4. The van der Waals surface area contributed by atoms with Crippen molar-refractivity contribution in [1.29, 1.82) is 5.41 Å². The minimum absolute atomic E-state index is 0.156. The molecule has 1 aliphatic heterocycles. The lowest BCUT2D eigenvalue weighted by Crippen LogP contribution is -2.14. The van der Waals surface area contributed by atoms with E-state index in [0.29, 0.717) is 27.1 Å². The number of aliphatic hydroxyl groups is 1. The summed E-state index contributed by atoms with van der Waals surface area (Å²) >= 11 is 0. The molecule has 0 aliphatic carbocycles. The molecule has 6 heteroatoms. The summed E-state index contributed by atoms with van der Waals surface area (Å²) in [5.74, 6) is 0. The van der Waals surface area contributed by atoms with Gasteiger partial charge in [-0.25, -0.2) is 4.98 Å². The lowest BCUT2D eigenvalue weighted by molar-refractivity contribution is 0.112. The second kappa shape index (κ2) is 11.3. The van der Waals surface area contributed by atoms with Gasteiger partial charge in [0.2, 0.25) is 0 Å². The van der Waals surface area contributed by atoms with Crippen molar-refractivity contribution in [2.24, 2.45) is 0 Å². The fourth-order valence-corrected chi connectivity index (χ4v) is 5.38. The highest BCUT2D eigenvalue weighted by atomic mass is 16.2. The van der Waals surface area contributed by atoms with Crippen LogP contribution in [0.2, 0.25) is 0 Å². The third kappa shape index (κ3) is 5.11. The van der Waals surface area contributed by atoms with Crippen LogP contribution in [0.1, 0.15) is 84.0 Å². The van der Waals surface area contributed by atoms with Gasteiger partial charge >= 0.3 is 0 Å². The molecule has 4 rings (SSSR count). The molecule has 6 nitrogen and oxygen atoms in total. The second-order valence-electron chi connectivity index (χ2n) is 10.3. The molecule has 39 heavy (non-hydrogen) atoms. The standard InChI is InChI=1S/C33H38N4O2/c1-8-10-23-20(5)28-12-18(3)25(16-38)19(4)27(34)13-31-26(17-39)22(7)30(36-31)14-29-21(6)24(11-9-2)33(37-29)15-32(23)35-28/h12-17,34,36-37,39H,3,8-11H2,1-2,4-7H3. The van der Waals surface area contributed by atoms with Crippen molar-refractivity contribution >= 4 is 52.3 Å². The first-order valence-corrected chi connectivity index (χ1v) is 13.6. The van der Waals surface area contributed by atoms with E-state index in [1.54, 1.807) is 13.0 Å². The van der Waals surface area contributed by atoms with E-state index >= 15 is 0 Å². The van der Waals surface area contributed by atoms with Crippen molar-refractivity contribution in [3.8, 4) is 0 Å². The average molecular weight is 523 g/mol. The van der Waals surface area contributed by atoms with E-state index in [-0.39, 0.29) is 5.36 Å². The lowest BCUT2D eigenvalue weighted by Gasteiger charge is -2.02. The predicted molar refractivity (Wildman–Crippen MR) is 162 cm³/mol. The Kier molecular flexibility index (Phi) is 8.05. The molecule has 0 atom stereocenters. The van der Waals surface area contributed by atoms with E-state index in [4.69, 9.17) is 10.4 Å². The summed E-state index contributed by atoms with van der Waals surface area (Å²) in [4.78, 5) is 24.2. The van der Waals surface area contributed by atoms with E-state index in [9.17, 15) is 9.90 Å². The van der Waals surface area contributed by atoms with Gasteiger partial charge in [0.1, 0.15) is 0 Å². The third-order valence-electron chi connectivity index (χ3n) is 7.78. The van der Waals surface area contributed by atoms with E-state index in [0.717, 1.165) is 77.3 Å². The summed E-state index contributed by atoms with van der Waals surface area (Å²) in [6.07, 6.45) is 5.64. The van der Waals surface area contributed by atoms with Crippen molar-refractivity contribution in [2.45, 2.75) is 67.2 Å². The number of carbonyl (C=O) groups is 1. The summed E-state index contributed by atoms with van der Waals surface area (Å²) < 4.78 is 0. The zero-order valence-corrected chi connectivity index (χ0v) is 23.8. The number of carbonyl (C=O) groups excluding carboxylic acids is 1. The van der Waals surface area contributed by atoms with Gasteiger partial charge in [-0.3, -0.25) is 4.79 Å². The molecule has 3 aromatic heterocycles. The SMILES string of the molecule is C=c1cc2nc(cc3[nH]c(cc4[nH]c(cc(=N)c(C)c1C=O)c(=CO)c4C)c(C)c3CCC)C(CCC)=C2C. The van der Waals surface area contributed by atoms with Crippen molar-refractivity contribution < 1.29 is 9.90 Å². The van der Waals surface area contributed by atoms with E-state index < -0.39 is 0 Å². The quantitative estimate of drug-likeness (QED) is 0.299. The Hall–Kier alpha value is -4.19.